The first kappa shape index (κ1) is 40.1. The van der Waals surface area contributed by atoms with E-state index in [0.717, 1.165) is 68.0 Å². The molecule has 4 aromatic carbocycles. The van der Waals surface area contributed by atoms with Crippen molar-refractivity contribution in [3.63, 3.8) is 0 Å². The van der Waals surface area contributed by atoms with Crippen molar-refractivity contribution in [1.29, 1.82) is 0 Å². The van der Waals surface area contributed by atoms with Crippen LogP contribution in [0.5, 0.6) is 0 Å². The van der Waals surface area contributed by atoms with Gasteiger partial charge < -0.3 is 28.9 Å². The zero-order chi connectivity index (χ0) is 41.3. The lowest BCUT2D eigenvalue weighted by Crippen LogP contribution is -2.42. The summed E-state index contributed by atoms with van der Waals surface area (Å²) < 4.78 is 23.5. The van der Waals surface area contributed by atoms with Crippen LogP contribution in [0, 0.1) is 0 Å². The maximum atomic E-state index is 13.6. The molecule has 0 unspecified atom stereocenters. The smallest absolute Gasteiger partial charge is 0.306 e. The van der Waals surface area contributed by atoms with E-state index in [4.69, 9.17) is 18.9 Å². The molecule has 0 bridgehead atoms. The lowest BCUT2D eigenvalue weighted by molar-refractivity contribution is -0.182. The summed E-state index contributed by atoms with van der Waals surface area (Å²) >= 11 is 0. The second-order valence-electron chi connectivity index (χ2n) is 15.3. The second kappa shape index (κ2) is 18.9. The fraction of sp³-hybridized carbons (Fsp3) is 0.280. The van der Waals surface area contributed by atoms with E-state index in [1.807, 2.05) is 91.3 Å². The van der Waals surface area contributed by atoms with Gasteiger partial charge in [-0.3, -0.25) is 19.2 Å². The number of para-hydroxylation sites is 2. The molecular weight excluding hydrogens is 757 g/mol. The van der Waals surface area contributed by atoms with Gasteiger partial charge in [-0.25, -0.2) is 0 Å². The van der Waals surface area contributed by atoms with Crippen molar-refractivity contribution >= 4 is 56.8 Å². The minimum absolute atomic E-state index is 0.0114. The summed E-state index contributed by atoms with van der Waals surface area (Å²) in [5.41, 5.74) is 10.6. The number of H-pyrrole nitrogens is 2. The molecule has 0 amide bonds. The predicted octanol–water partition coefficient (Wildman–Crippen LogP) is 8.96. The van der Waals surface area contributed by atoms with Crippen LogP contribution >= 0.6 is 0 Å². The summed E-state index contributed by atoms with van der Waals surface area (Å²) in [6.07, 6.45) is 9.07. The Labute approximate surface area is 348 Å². The molecule has 2 aliphatic carbocycles. The standard InChI is InChI=1S/C50H48N2O8/c53-47(25-21-35-19-17-33-9-1-3-11-39(33)35)57-31-45(59-49(55)27-22-36-20-18-34-10-2-4-12-40(34)36)46(60-50(56)28-24-38-30-52-44-16-8-6-14-42(38)44)32-58-48(54)26-23-37-29-51-43-15-7-5-13-41(37)43/h1-16,19-20,29-30,45-46,51-52H,17-18,21-28,31-32H2/t45-,46+/m0/s1. The van der Waals surface area contributed by atoms with E-state index in [0.29, 0.717) is 25.7 Å². The Balaban J connectivity index is 0.959. The van der Waals surface area contributed by atoms with E-state index in [9.17, 15) is 19.2 Å². The van der Waals surface area contributed by atoms with Gasteiger partial charge in [-0.1, -0.05) is 97.1 Å². The molecule has 0 aliphatic heterocycles. The van der Waals surface area contributed by atoms with Crippen LogP contribution in [0.25, 0.3) is 33.0 Å². The molecule has 10 heteroatoms. The highest BCUT2D eigenvalue weighted by Gasteiger charge is 2.32. The number of esters is 4. The van der Waals surface area contributed by atoms with Gasteiger partial charge in [0.2, 0.25) is 0 Å². The van der Waals surface area contributed by atoms with Crippen LogP contribution in [0.4, 0.5) is 0 Å². The van der Waals surface area contributed by atoms with Crippen molar-refractivity contribution < 1.29 is 38.1 Å². The third-order valence-electron chi connectivity index (χ3n) is 11.4. The Kier molecular flexibility index (Phi) is 12.7. The molecule has 2 atom stereocenters. The van der Waals surface area contributed by atoms with Crippen LogP contribution in [0.2, 0.25) is 0 Å². The van der Waals surface area contributed by atoms with E-state index in [1.54, 1.807) is 0 Å². The highest BCUT2D eigenvalue weighted by Crippen LogP contribution is 2.32. The highest BCUT2D eigenvalue weighted by atomic mass is 16.6. The largest absolute Gasteiger partial charge is 0.462 e. The summed E-state index contributed by atoms with van der Waals surface area (Å²) in [6, 6.07) is 31.9. The Morgan fingerprint density at radius 3 is 1.38 bits per heavy atom. The van der Waals surface area contributed by atoms with Gasteiger partial charge in [0.05, 0.1) is 0 Å². The SMILES string of the molecule is O=C(CCC1=CCc2ccccc21)OC[C@H](OC(=O)CCC1=CCc2ccccc21)[C@@H](COC(=O)CCc1c[nH]c2ccccc12)OC(=O)CCc1c[nH]c2ccccc12. The van der Waals surface area contributed by atoms with Crippen molar-refractivity contribution in [3.8, 4) is 0 Å². The quantitative estimate of drug-likeness (QED) is 0.0612. The number of aromatic amines is 2. The van der Waals surface area contributed by atoms with Crippen molar-refractivity contribution in [3.05, 3.63) is 155 Å². The van der Waals surface area contributed by atoms with Crippen LogP contribution in [0.1, 0.15) is 71.9 Å². The number of nitrogens with one attached hydrogen (secondary N) is 2. The molecule has 2 N–H and O–H groups in total. The molecule has 60 heavy (non-hydrogen) atoms. The Hall–Kier alpha value is -6.68. The maximum absolute atomic E-state index is 13.6. The Bertz CT molecular complexity index is 2580. The number of carbonyl (C=O) groups is 4. The molecule has 0 fully saturated rings. The topological polar surface area (TPSA) is 137 Å². The van der Waals surface area contributed by atoms with Crippen LogP contribution in [0.15, 0.2) is 122 Å². The second-order valence-corrected chi connectivity index (χ2v) is 15.3. The van der Waals surface area contributed by atoms with E-state index in [-0.39, 0.29) is 32.3 Å². The van der Waals surface area contributed by atoms with Crippen LogP contribution in [-0.4, -0.2) is 59.3 Å². The number of hydrogen-bond acceptors (Lipinski definition) is 8. The first-order chi connectivity index (χ1) is 29.4. The van der Waals surface area contributed by atoms with Gasteiger partial charge in [0, 0.05) is 59.9 Å². The van der Waals surface area contributed by atoms with E-state index < -0.39 is 42.7 Å². The summed E-state index contributed by atoms with van der Waals surface area (Å²) in [5, 5.41) is 2.02. The number of benzene rings is 4. The number of aryl methyl sites for hydroxylation is 2. The van der Waals surface area contributed by atoms with Crippen molar-refractivity contribution in [2.24, 2.45) is 0 Å². The molecule has 0 radical (unpaired) electrons. The highest BCUT2D eigenvalue weighted by molar-refractivity contribution is 5.85. The van der Waals surface area contributed by atoms with Crippen molar-refractivity contribution in [2.45, 2.75) is 76.4 Å². The first-order valence-electron chi connectivity index (χ1n) is 20.7. The number of allylic oxidation sites excluding steroid dienone is 4. The summed E-state index contributed by atoms with van der Waals surface area (Å²) in [6.45, 7) is -0.789. The third kappa shape index (κ3) is 9.77. The average Bonchev–Trinajstić information content (AvgIpc) is 4.09. The molecule has 6 aromatic rings. The maximum Gasteiger partial charge on any atom is 0.306 e. The van der Waals surface area contributed by atoms with E-state index in [1.165, 1.54) is 11.1 Å². The first-order valence-corrected chi connectivity index (χ1v) is 20.7. The number of fused-ring (bicyclic) bond motifs is 4. The molecule has 0 spiro atoms. The molecule has 8 rings (SSSR count). The van der Waals surface area contributed by atoms with E-state index in [2.05, 4.69) is 40.3 Å². The van der Waals surface area contributed by atoms with Crippen LogP contribution in [0.3, 0.4) is 0 Å². The minimum atomic E-state index is -1.25. The summed E-state index contributed by atoms with van der Waals surface area (Å²) in [7, 11) is 0. The van der Waals surface area contributed by atoms with Crippen LogP contribution in [-0.2, 0) is 63.8 Å². The molecular formula is C50H48N2O8. The molecule has 2 heterocycles. The van der Waals surface area contributed by atoms with Crippen molar-refractivity contribution in [1.82, 2.24) is 9.97 Å². The Morgan fingerprint density at radius 2 is 0.883 bits per heavy atom. The number of aromatic nitrogens is 2. The zero-order valence-electron chi connectivity index (χ0n) is 33.5. The minimum Gasteiger partial charge on any atom is -0.462 e. The average molecular weight is 805 g/mol. The molecule has 306 valence electrons. The van der Waals surface area contributed by atoms with Crippen LogP contribution < -0.4 is 0 Å². The molecule has 2 aromatic heterocycles. The monoisotopic (exact) mass is 804 g/mol. The van der Waals surface area contributed by atoms with Gasteiger partial charge in [0.25, 0.3) is 0 Å². The van der Waals surface area contributed by atoms with Gasteiger partial charge in [0.15, 0.2) is 12.2 Å². The van der Waals surface area contributed by atoms with Gasteiger partial charge in [-0.05, 0) is 95.2 Å². The predicted molar refractivity (Wildman–Crippen MR) is 230 cm³/mol. The van der Waals surface area contributed by atoms with Gasteiger partial charge in [0.1, 0.15) is 13.2 Å². The molecule has 0 saturated heterocycles. The molecule has 0 saturated carbocycles. The number of carbonyl (C=O) groups excluding carboxylic acids is 4. The van der Waals surface area contributed by atoms with Gasteiger partial charge in [-0.15, -0.1) is 0 Å². The number of ether oxygens (including phenoxy) is 4. The summed E-state index contributed by atoms with van der Waals surface area (Å²) in [4.78, 5) is 60.2. The van der Waals surface area contributed by atoms with Gasteiger partial charge in [-0.2, -0.15) is 0 Å². The summed E-state index contributed by atoms with van der Waals surface area (Å²) in [5.74, 6) is -2.14. The van der Waals surface area contributed by atoms with E-state index >= 15 is 0 Å². The molecule has 10 nitrogen and oxygen atoms in total. The Morgan fingerprint density at radius 1 is 0.483 bits per heavy atom. The van der Waals surface area contributed by atoms with Crippen molar-refractivity contribution in [2.75, 3.05) is 13.2 Å². The fourth-order valence-corrected chi connectivity index (χ4v) is 8.19. The third-order valence-corrected chi connectivity index (χ3v) is 11.4. The normalized spacial score (nSPS) is 13.9. The fourth-order valence-electron chi connectivity index (χ4n) is 8.19. The zero-order valence-corrected chi connectivity index (χ0v) is 33.5. The molecule has 2 aliphatic rings. The number of hydrogen-bond donors (Lipinski definition) is 2. The number of rotatable bonds is 19. The lowest BCUT2D eigenvalue weighted by Gasteiger charge is -2.27. The lowest BCUT2D eigenvalue weighted by atomic mass is 10.0. The van der Waals surface area contributed by atoms with Gasteiger partial charge >= 0.3 is 23.9 Å².